The highest BCUT2D eigenvalue weighted by Crippen LogP contribution is 2.45. The summed E-state index contributed by atoms with van der Waals surface area (Å²) in [5.41, 5.74) is 0.944. The molecule has 1 aromatic heterocycles. The number of piperidine rings is 1. The van der Waals surface area contributed by atoms with E-state index in [0.29, 0.717) is 12.5 Å². The molecule has 3 heterocycles. The average Bonchev–Trinajstić information content (AvgIpc) is 2.65. The Balaban J connectivity index is 1.57. The van der Waals surface area contributed by atoms with Crippen LogP contribution in [0, 0.1) is 0 Å². The van der Waals surface area contributed by atoms with Crippen molar-refractivity contribution >= 4 is 5.95 Å². The van der Waals surface area contributed by atoms with Gasteiger partial charge >= 0.3 is 0 Å². The van der Waals surface area contributed by atoms with Crippen molar-refractivity contribution in [2.45, 2.75) is 30.9 Å². The molecule has 0 aliphatic carbocycles. The number of hydrogen-bond acceptors (Lipinski definition) is 5. The Morgan fingerprint density at radius 1 is 1.16 bits per heavy atom. The summed E-state index contributed by atoms with van der Waals surface area (Å²) in [5.74, 6) is 1.57. The first-order valence-corrected chi connectivity index (χ1v) is 8.88. The summed E-state index contributed by atoms with van der Waals surface area (Å²) in [4.78, 5) is 10.8. The smallest absolute Gasteiger partial charge is 0.223 e. The van der Waals surface area contributed by atoms with E-state index in [0.717, 1.165) is 43.7 Å². The number of benzene rings is 1. The van der Waals surface area contributed by atoms with Gasteiger partial charge in [0.15, 0.2) is 0 Å². The molecule has 25 heavy (non-hydrogen) atoms. The molecule has 1 N–H and O–H groups in total. The van der Waals surface area contributed by atoms with E-state index in [2.05, 4.69) is 26.3 Å². The molecule has 6 heteroatoms. The van der Waals surface area contributed by atoms with Gasteiger partial charge in [-0.15, -0.1) is 0 Å². The number of likely N-dealkylation sites (tertiary alicyclic amines) is 1. The summed E-state index contributed by atoms with van der Waals surface area (Å²) in [6, 6.07) is 10.1. The van der Waals surface area contributed by atoms with Crippen LogP contribution in [0.15, 0.2) is 42.7 Å². The third kappa shape index (κ3) is 3.44. The van der Waals surface area contributed by atoms with E-state index in [1.54, 1.807) is 12.4 Å². The topological polar surface area (TPSA) is 50.3 Å². The molecule has 1 fully saturated rings. The van der Waals surface area contributed by atoms with Gasteiger partial charge in [0.25, 0.3) is 0 Å². The second-order valence-corrected chi connectivity index (χ2v) is 6.83. The number of aromatic nitrogens is 2. The number of fused-ring (bicyclic) bond motifs is 1. The van der Waals surface area contributed by atoms with Crippen LogP contribution in [0.3, 0.4) is 0 Å². The molecule has 1 saturated heterocycles. The Kier molecular flexibility index (Phi) is 4.53. The molecule has 2 aliphatic heterocycles. The van der Waals surface area contributed by atoms with Crippen molar-refractivity contribution in [2.75, 3.05) is 31.6 Å². The van der Waals surface area contributed by atoms with Gasteiger partial charge in [-0.25, -0.2) is 14.4 Å². The lowest BCUT2D eigenvalue weighted by Crippen LogP contribution is -2.51. The van der Waals surface area contributed by atoms with Gasteiger partial charge in [-0.3, -0.25) is 0 Å². The monoisotopic (exact) mass is 342 g/mol. The number of nitrogens with zero attached hydrogens (tertiary/aromatic N) is 3. The Bertz CT molecular complexity index is 704. The summed E-state index contributed by atoms with van der Waals surface area (Å²) in [6.45, 7) is 1.99. The van der Waals surface area contributed by atoms with Gasteiger partial charge in [0, 0.05) is 44.0 Å². The zero-order valence-corrected chi connectivity index (χ0v) is 14.2. The summed E-state index contributed by atoms with van der Waals surface area (Å²) in [6.07, 6.45) is 6.17. The van der Waals surface area contributed by atoms with Crippen molar-refractivity contribution in [3.63, 3.8) is 0 Å². The highest BCUT2D eigenvalue weighted by Gasteiger charge is 2.43. The highest BCUT2D eigenvalue weighted by molar-refractivity contribution is 5.43. The average molecular weight is 342 g/mol. The molecule has 132 valence electrons. The predicted octanol–water partition coefficient (Wildman–Crippen LogP) is 3.22. The maximum absolute atomic E-state index is 12.6. The van der Waals surface area contributed by atoms with Gasteiger partial charge in [0.05, 0.1) is 6.04 Å². The van der Waals surface area contributed by atoms with Crippen LogP contribution in [-0.4, -0.2) is 46.8 Å². The number of nitrogens with one attached hydrogen (secondary N) is 1. The molecule has 1 unspecified atom stereocenters. The van der Waals surface area contributed by atoms with Crippen LogP contribution >= 0.6 is 0 Å². The number of para-hydroxylation sites is 1. The molecular formula is C19H23FN4O. The summed E-state index contributed by atoms with van der Waals surface area (Å²) in [5, 5.41) is 3.47. The van der Waals surface area contributed by atoms with Crippen LogP contribution in [-0.2, 0) is 0 Å². The quantitative estimate of drug-likeness (QED) is 0.925. The number of alkyl halides is 1. The minimum absolute atomic E-state index is 0.111. The lowest BCUT2D eigenvalue weighted by molar-refractivity contribution is -0.0207. The zero-order valence-electron chi connectivity index (χ0n) is 14.2. The van der Waals surface area contributed by atoms with Crippen LogP contribution < -0.4 is 10.1 Å². The predicted molar refractivity (Wildman–Crippen MR) is 94.5 cm³/mol. The molecule has 0 saturated carbocycles. The van der Waals surface area contributed by atoms with Gasteiger partial charge in [0.2, 0.25) is 5.95 Å². The Labute approximate surface area is 147 Å². The highest BCUT2D eigenvalue weighted by atomic mass is 19.1. The first kappa shape index (κ1) is 16.3. The molecule has 2 aliphatic rings. The molecule has 0 amide bonds. The normalized spacial score (nSPS) is 22.2. The largest absolute Gasteiger partial charge is 0.487 e. The van der Waals surface area contributed by atoms with E-state index in [9.17, 15) is 4.39 Å². The third-order valence-electron chi connectivity index (χ3n) is 5.23. The van der Waals surface area contributed by atoms with Gasteiger partial charge in [-0.05, 0) is 25.0 Å². The van der Waals surface area contributed by atoms with Crippen molar-refractivity contribution < 1.29 is 9.13 Å². The standard InChI is InChI=1S/C19H23FN4O/c20-8-13-24-11-6-19(7-12-24)14-16(23-18-21-9-3-10-22-18)15-4-1-2-5-17(15)25-19/h1-5,9-10,16H,6-8,11-14H2,(H,21,22,23). The second kappa shape index (κ2) is 6.96. The van der Waals surface area contributed by atoms with Crippen molar-refractivity contribution in [1.82, 2.24) is 14.9 Å². The maximum atomic E-state index is 12.6. The number of hydrogen-bond donors (Lipinski definition) is 1. The summed E-state index contributed by atoms with van der Waals surface area (Å²) >= 11 is 0. The maximum Gasteiger partial charge on any atom is 0.223 e. The number of ether oxygens (including phenoxy) is 1. The van der Waals surface area contributed by atoms with Gasteiger partial charge in [0.1, 0.15) is 18.0 Å². The van der Waals surface area contributed by atoms with E-state index in [-0.39, 0.29) is 18.3 Å². The fourth-order valence-corrected chi connectivity index (χ4v) is 3.89. The fraction of sp³-hybridized carbons (Fsp3) is 0.474. The molecule has 0 radical (unpaired) electrons. The lowest BCUT2D eigenvalue weighted by atomic mass is 9.80. The first-order chi connectivity index (χ1) is 12.3. The van der Waals surface area contributed by atoms with Crippen molar-refractivity contribution in [1.29, 1.82) is 0 Å². The van der Waals surface area contributed by atoms with Gasteiger partial charge < -0.3 is 15.0 Å². The Morgan fingerprint density at radius 3 is 2.68 bits per heavy atom. The van der Waals surface area contributed by atoms with Crippen molar-refractivity contribution in [3.05, 3.63) is 48.3 Å². The van der Waals surface area contributed by atoms with Gasteiger partial charge in [-0.2, -0.15) is 0 Å². The molecule has 1 aromatic carbocycles. The van der Waals surface area contributed by atoms with E-state index < -0.39 is 0 Å². The molecule has 4 rings (SSSR count). The molecular weight excluding hydrogens is 319 g/mol. The number of halogens is 1. The SMILES string of the molecule is FCCN1CCC2(CC1)CC(Nc1ncccn1)c1ccccc1O2. The number of rotatable bonds is 4. The van der Waals surface area contributed by atoms with E-state index in [4.69, 9.17) is 4.74 Å². The minimum Gasteiger partial charge on any atom is -0.487 e. The zero-order chi connectivity index (χ0) is 17.1. The van der Waals surface area contributed by atoms with E-state index in [1.165, 1.54) is 0 Å². The fourth-order valence-electron chi connectivity index (χ4n) is 3.89. The molecule has 1 spiro atoms. The Morgan fingerprint density at radius 2 is 1.92 bits per heavy atom. The molecule has 1 atom stereocenters. The van der Waals surface area contributed by atoms with E-state index in [1.807, 2.05) is 24.3 Å². The minimum atomic E-state index is -0.285. The summed E-state index contributed by atoms with van der Waals surface area (Å²) in [7, 11) is 0. The van der Waals surface area contributed by atoms with Gasteiger partial charge in [-0.1, -0.05) is 18.2 Å². The molecule has 5 nitrogen and oxygen atoms in total. The number of anilines is 1. The Hall–Kier alpha value is -2.21. The van der Waals surface area contributed by atoms with Crippen LogP contribution in [0.2, 0.25) is 0 Å². The molecule has 2 aromatic rings. The van der Waals surface area contributed by atoms with Crippen LogP contribution in [0.4, 0.5) is 10.3 Å². The van der Waals surface area contributed by atoms with Crippen LogP contribution in [0.25, 0.3) is 0 Å². The first-order valence-electron chi connectivity index (χ1n) is 8.88. The van der Waals surface area contributed by atoms with Crippen molar-refractivity contribution in [2.24, 2.45) is 0 Å². The lowest BCUT2D eigenvalue weighted by Gasteiger charge is -2.47. The third-order valence-corrected chi connectivity index (χ3v) is 5.23. The second-order valence-electron chi connectivity index (χ2n) is 6.83. The summed E-state index contributed by atoms with van der Waals surface area (Å²) < 4.78 is 19.1. The van der Waals surface area contributed by atoms with Crippen molar-refractivity contribution in [3.8, 4) is 5.75 Å². The van der Waals surface area contributed by atoms with Crippen LogP contribution in [0.5, 0.6) is 5.75 Å². The van der Waals surface area contributed by atoms with Crippen LogP contribution in [0.1, 0.15) is 30.9 Å². The van der Waals surface area contributed by atoms with E-state index >= 15 is 0 Å². The molecule has 0 bridgehead atoms.